The van der Waals surface area contributed by atoms with Crippen LogP contribution in [-0.4, -0.2) is 19.1 Å². The van der Waals surface area contributed by atoms with Crippen molar-refractivity contribution in [3.63, 3.8) is 0 Å². The molecule has 0 bridgehead atoms. The SMILES string of the molecule is Cc1cccc(-c2cccc(CNC3CCNCC3)c2)c1. The Kier molecular flexibility index (Phi) is 4.69. The second-order valence-electron chi connectivity index (χ2n) is 5.98. The third-order valence-corrected chi connectivity index (χ3v) is 4.21. The normalized spacial score (nSPS) is 16.0. The molecule has 0 spiro atoms. The Hall–Kier alpha value is -1.64. The highest BCUT2D eigenvalue weighted by atomic mass is 15.0. The van der Waals surface area contributed by atoms with Crippen molar-refractivity contribution < 1.29 is 0 Å². The minimum atomic E-state index is 0.661. The van der Waals surface area contributed by atoms with Gasteiger partial charge in [0.25, 0.3) is 0 Å². The van der Waals surface area contributed by atoms with Gasteiger partial charge in [-0.05, 0) is 55.6 Å². The molecule has 2 aromatic carbocycles. The Morgan fingerprint density at radius 2 is 1.71 bits per heavy atom. The van der Waals surface area contributed by atoms with E-state index in [1.165, 1.54) is 35.1 Å². The van der Waals surface area contributed by atoms with Gasteiger partial charge < -0.3 is 10.6 Å². The van der Waals surface area contributed by atoms with Crippen molar-refractivity contribution in [3.05, 3.63) is 59.7 Å². The van der Waals surface area contributed by atoms with E-state index >= 15 is 0 Å². The van der Waals surface area contributed by atoms with Crippen LogP contribution in [0, 0.1) is 6.92 Å². The first-order valence-corrected chi connectivity index (χ1v) is 7.91. The van der Waals surface area contributed by atoms with Crippen LogP contribution < -0.4 is 10.6 Å². The summed E-state index contributed by atoms with van der Waals surface area (Å²) >= 11 is 0. The van der Waals surface area contributed by atoms with Crippen molar-refractivity contribution in [2.75, 3.05) is 13.1 Å². The van der Waals surface area contributed by atoms with E-state index in [2.05, 4.69) is 66.1 Å². The highest BCUT2D eigenvalue weighted by molar-refractivity contribution is 5.64. The minimum absolute atomic E-state index is 0.661. The summed E-state index contributed by atoms with van der Waals surface area (Å²) in [6.45, 7) is 5.39. The molecule has 0 atom stereocenters. The molecule has 0 aromatic heterocycles. The summed E-state index contributed by atoms with van der Waals surface area (Å²) in [4.78, 5) is 0. The molecule has 1 saturated heterocycles. The minimum Gasteiger partial charge on any atom is -0.317 e. The van der Waals surface area contributed by atoms with E-state index in [9.17, 15) is 0 Å². The van der Waals surface area contributed by atoms with Gasteiger partial charge in [-0.3, -0.25) is 0 Å². The molecule has 1 aliphatic heterocycles. The molecule has 2 nitrogen and oxygen atoms in total. The van der Waals surface area contributed by atoms with Gasteiger partial charge in [0.1, 0.15) is 0 Å². The van der Waals surface area contributed by atoms with Crippen molar-refractivity contribution >= 4 is 0 Å². The largest absolute Gasteiger partial charge is 0.317 e. The number of aryl methyl sites for hydroxylation is 1. The zero-order valence-corrected chi connectivity index (χ0v) is 12.7. The molecule has 0 saturated carbocycles. The number of hydrogen-bond acceptors (Lipinski definition) is 2. The fraction of sp³-hybridized carbons (Fsp3) is 0.368. The Bertz CT molecular complexity index is 586. The maximum Gasteiger partial charge on any atom is 0.0208 e. The summed E-state index contributed by atoms with van der Waals surface area (Å²) < 4.78 is 0. The summed E-state index contributed by atoms with van der Waals surface area (Å²) in [7, 11) is 0. The molecule has 1 aliphatic rings. The molecule has 1 heterocycles. The molecule has 0 amide bonds. The lowest BCUT2D eigenvalue weighted by molar-refractivity contribution is 0.386. The van der Waals surface area contributed by atoms with Crippen LogP contribution in [0.2, 0.25) is 0 Å². The smallest absolute Gasteiger partial charge is 0.0208 e. The van der Waals surface area contributed by atoms with E-state index in [0.29, 0.717) is 6.04 Å². The van der Waals surface area contributed by atoms with Crippen LogP contribution in [-0.2, 0) is 6.54 Å². The second kappa shape index (κ2) is 6.88. The average molecular weight is 280 g/mol. The molecule has 0 radical (unpaired) electrons. The number of hydrogen-bond donors (Lipinski definition) is 2. The van der Waals surface area contributed by atoms with Gasteiger partial charge in [-0.15, -0.1) is 0 Å². The standard InChI is InChI=1S/C19H24N2/c1-15-4-2-6-17(12-15)18-7-3-5-16(13-18)14-21-19-8-10-20-11-9-19/h2-7,12-13,19-21H,8-11,14H2,1H3. The Morgan fingerprint density at radius 3 is 2.48 bits per heavy atom. The van der Waals surface area contributed by atoms with Gasteiger partial charge in [-0.25, -0.2) is 0 Å². The number of piperidine rings is 1. The first-order chi connectivity index (χ1) is 10.3. The fourth-order valence-electron chi connectivity index (χ4n) is 2.97. The zero-order valence-electron chi connectivity index (χ0n) is 12.7. The van der Waals surface area contributed by atoms with Crippen LogP contribution in [0.15, 0.2) is 48.5 Å². The van der Waals surface area contributed by atoms with Crippen molar-refractivity contribution in [2.24, 2.45) is 0 Å². The van der Waals surface area contributed by atoms with Gasteiger partial charge >= 0.3 is 0 Å². The zero-order chi connectivity index (χ0) is 14.5. The Morgan fingerprint density at radius 1 is 1.00 bits per heavy atom. The van der Waals surface area contributed by atoms with Crippen molar-refractivity contribution in [2.45, 2.75) is 32.4 Å². The molecule has 21 heavy (non-hydrogen) atoms. The van der Waals surface area contributed by atoms with Crippen LogP contribution in [0.5, 0.6) is 0 Å². The van der Waals surface area contributed by atoms with Crippen LogP contribution in [0.4, 0.5) is 0 Å². The number of benzene rings is 2. The highest BCUT2D eigenvalue weighted by Gasteiger charge is 2.11. The predicted octanol–water partition coefficient (Wildman–Crippen LogP) is 3.50. The summed E-state index contributed by atoms with van der Waals surface area (Å²) in [5.74, 6) is 0. The topological polar surface area (TPSA) is 24.1 Å². The predicted molar refractivity (Wildman–Crippen MR) is 89.3 cm³/mol. The fourth-order valence-corrected chi connectivity index (χ4v) is 2.97. The van der Waals surface area contributed by atoms with E-state index in [4.69, 9.17) is 0 Å². The van der Waals surface area contributed by atoms with Gasteiger partial charge in [0.2, 0.25) is 0 Å². The summed E-state index contributed by atoms with van der Waals surface area (Å²) in [6.07, 6.45) is 2.47. The quantitative estimate of drug-likeness (QED) is 0.895. The van der Waals surface area contributed by atoms with E-state index < -0.39 is 0 Å². The second-order valence-corrected chi connectivity index (χ2v) is 5.98. The van der Waals surface area contributed by atoms with Crippen LogP contribution >= 0.6 is 0 Å². The summed E-state index contributed by atoms with van der Waals surface area (Å²) in [5, 5.41) is 7.10. The molecule has 0 unspecified atom stereocenters. The third-order valence-electron chi connectivity index (χ3n) is 4.21. The van der Waals surface area contributed by atoms with Crippen LogP contribution in [0.1, 0.15) is 24.0 Å². The molecular formula is C19H24N2. The first kappa shape index (κ1) is 14.3. The Balaban J connectivity index is 1.68. The van der Waals surface area contributed by atoms with Gasteiger partial charge in [0, 0.05) is 12.6 Å². The maximum absolute atomic E-state index is 3.69. The van der Waals surface area contributed by atoms with E-state index in [1.54, 1.807) is 0 Å². The van der Waals surface area contributed by atoms with E-state index in [1.807, 2.05) is 0 Å². The molecule has 3 rings (SSSR count). The van der Waals surface area contributed by atoms with Crippen LogP contribution in [0.3, 0.4) is 0 Å². The first-order valence-electron chi connectivity index (χ1n) is 7.91. The van der Waals surface area contributed by atoms with E-state index in [-0.39, 0.29) is 0 Å². The van der Waals surface area contributed by atoms with Gasteiger partial charge in [0.05, 0.1) is 0 Å². The molecular weight excluding hydrogens is 256 g/mol. The molecule has 2 N–H and O–H groups in total. The highest BCUT2D eigenvalue weighted by Crippen LogP contribution is 2.21. The lowest BCUT2D eigenvalue weighted by atomic mass is 10.0. The third kappa shape index (κ3) is 3.93. The summed E-state index contributed by atoms with van der Waals surface area (Å²) in [5.41, 5.74) is 5.29. The van der Waals surface area contributed by atoms with Crippen molar-refractivity contribution in [1.82, 2.24) is 10.6 Å². The number of nitrogens with one attached hydrogen (secondary N) is 2. The lowest BCUT2D eigenvalue weighted by Gasteiger charge is -2.23. The lowest BCUT2D eigenvalue weighted by Crippen LogP contribution is -2.39. The molecule has 110 valence electrons. The van der Waals surface area contributed by atoms with Crippen molar-refractivity contribution in [3.8, 4) is 11.1 Å². The Labute approximate surface area is 127 Å². The monoisotopic (exact) mass is 280 g/mol. The van der Waals surface area contributed by atoms with Gasteiger partial charge in [-0.1, -0.05) is 48.0 Å². The van der Waals surface area contributed by atoms with E-state index in [0.717, 1.165) is 19.6 Å². The molecule has 2 heteroatoms. The number of rotatable bonds is 4. The van der Waals surface area contributed by atoms with Crippen LogP contribution in [0.25, 0.3) is 11.1 Å². The molecule has 1 fully saturated rings. The average Bonchev–Trinajstić information content (AvgIpc) is 2.54. The maximum atomic E-state index is 3.69. The molecule has 2 aromatic rings. The van der Waals surface area contributed by atoms with Gasteiger partial charge in [0.15, 0.2) is 0 Å². The molecule has 0 aliphatic carbocycles. The van der Waals surface area contributed by atoms with Gasteiger partial charge in [-0.2, -0.15) is 0 Å². The summed E-state index contributed by atoms with van der Waals surface area (Å²) in [6, 6.07) is 18.3. The van der Waals surface area contributed by atoms with Crippen molar-refractivity contribution in [1.29, 1.82) is 0 Å².